The highest BCUT2D eigenvalue weighted by atomic mass is 16.4. The third-order valence-corrected chi connectivity index (χ3v) is 3.56. The number of oxime groups is 1. The highest BCUT2D eigenvalue weighted by Crippen LogP contribution is 2.21. The van der Waals surface area contributed by atoms with Gasteiger partial charge in [0.15, 0.2) is 0 Å². The van der Waals surface area contributed by atoms with E-state index in [0.717, 1.165) is 31.8 Å². The molecule has 4 heteroatoms. The van der Waals surface area contributed by atoms with Gasteiger partial charge in [0.05, 0.1) is 0 Å². The van der Waals surface area contributed by atoms with E-state index in [1.54, 1.807) is 0 Å². The molecule has 4 nitrogen and oxygen atoms in total. The second kappa shape index (κ2) is 7.54. The molecular formula is C13H29N3O. The van der Waals surface area contributed by atoms with Crippen molar-refractivity contribution in [2.24, 2.45) is 28.1 Å². The van der Waals surface area contributed by atoms with E-state index in [4.69, 9.17) is 10.9 Å². The number of hydrogen-bond acceptors (Lipinski definition) is 3. The number of nitrogens with zero attached hydrogens (tertiary/aromatic N) is 1. The van der Waals surface area contributed by atoms with Gasteiger partial charge >= 0.3 is 0 Å². The van der Waals surface area contributed by atoms with E-state index in [1.807, 2.05) is 13.8 Å². The smallest absolute Gasteiger partial charge is 0.144 e. The highest BCUT2D eigenvalue weighted by molar-refractivity contribution is 5.85. The number of amidine groups is 1. The molecule has 0 aromatic heterocycles. The van der Waals surface area contributed by atoms with Crippen molar-refractivity contribution in [3.8, 4) is 0 Å². The van der Waals surface area contributed by atoms with Gasteiger partial charge < -0.3 is 16.3 Å². The number of hydrogen-bond donors (Lipinski definition) is 3. The molecule has 0 aromatic rings. The summed E-state index contributed by atoms with van der Waals surface area (Å²) < 4.78 is 0. The van der Waals surface area contributed by atoms with Gasteiger partial charge in [-0.25, -0.2) is 0 Å². The monoisotopic (exact) mass is 243 g/mol. The molecule has 0 heterocycles. The van der Waals surface area contributed by atoms with Crippen molar-refractivity contribution in [1.82, 2.24) is 5.32 Å². The van der Waals surface area contributed by atoms with Crippen LogP contribution in [0.15, 0.2) is 5.16 Å². The summed E-state index contributed by atoms with van der Waals surface area (Å²) in [5, 5.41) is 15.2. The average Bonchev–Trinajstić information content (AvgIpc) is 2.26. The fraction of sp³-hybridized carbons (Fsp3) is 0.923. The Morgan fingerprint density at radius 1 is 1.35 bits per heavy atom. The Hall–Kier alpha value is -0.770. The maximum absolute atomic E-state index is 8.65. The van der Waals surface area contributed by atoms with Gasteiger partial charge in [-0.2, -0.15) is 0 Å². The van der Waals surface area contributed by atoms with Crippen LogP contribution < -0.4 is 11.1 Å². The summed E-state index contributed by atoms with van der Waals surface area (Å²) >= 11 is 0. The van der Waals surface area contributed by atoms with Gasteiger partial charge in [-0.3, -0.25) is 0 Å². The fourth-order valence-electron chi connectivity index (χ4n) is 1.48. The lowest BCUT2D eigenvalue weighted by molar-refractivity contribution is 0.304. The largest absolute Gasteiger partial charge is 0.409 e. The zero-order valence-corrected chi connectivity index (χ0v) is 12.0. The van der Waals surface area contributed by atoms with E-state index in [-0.39, 0.29) is 5.41 Å². The average molecular weight is 243 g/mol. The van der Waals surface area contributed by atoms with Gasteiger partial charge in [-0.15, -0.1) is 0 Å². The number of nitrogens with one attached hydrogen (secondary N) is 1. The van der Waals surface area contributed by atoms with E-state index < -0.39 is 0 Å². The van der Waals surface area contributed by atoms with Crippen LogP contribution in [0.5, 0.6) is 0 Å². The highest BCUT2D eigenvalue weighted by Gasteiger charge is 2.22. The normalized spacial score (nSPS) is 15.3. The quantitative estimate of drug-likeness (QED) is 0.202. The van der Waals surface area contributed by atoms with Crippen LogP contribution in [0.25, 0.3) is 0 Å². The summed E-state index contributed by atoms with van der Waals surface area (Å²) in [7, 11) is 0. The van der Waals surface area contributed by atoms with E-state index in [1.165, 1.54) is 0 Å². The van der Waals surface area contributed by atoms with Gasteiger partial charge in [0.25, 0.3) is 0 Å². The summed E-state index contributed by atoms with van der Waals surface area (Å²) in [6.07, 6.45) is 1.96. The standard InChI is InChI=1S/C13H29N3O/c1-10(2)11(3)9-15-8-6-7-13(4,5)12(14)16-17/h10-11,15,17H,6-9H2,1-5H3,(H2,14,16). The third-order valence-electron chi connectivity index (χ3n) is 3.56. The van der Waals surface area contributed by atoms with Crippen molar-refractivity contribution in [2.75, 3.05) is 13.1 Å². The molecule has 0 aliphatic carbocycles. The van der Waals surface area contributed by atoms with Gasteiger partial charge in [0.2, 0.25) is 0 Å². The molecule has 0 fully saturated rings. The fourth-order valence-corrected chi connectivity index (χ4v) is 1.48. The third kappa shape index (κ3) is 6.51. The molecule has 0 rings (SSSR count). The summed E-state index contributed by atoms with van der Waals surface area (Å²) in [4.78, 5) is 0. The zero-order valence-electron chi connectivity index (χ0n) is 12.0. The molecular weight excluding hydrogens is 214 g/mol. The minimum atomic E-state index is -0.222. The summed E-state index contributed by atoms with van der Waals surface area (Å²) in [5.74, 6) is 1.73. The molecule has 0 spiro atoms. The lowest BCUT2D eigenvalue weighted by atomic mass is 9.86. The van der Waals surface area contributed by atoms with Gasteiger partial charge in [0.1, 0.15) is 5.84 Å². The van der Waals surface area contributed by atoms with Crippen LogP contribution in [0.1, 0.15) is 47.5 Å². The van der Waals surface area contributed by atoms with Crippen molar-refractivity contribution in [1.29, 1.82) is 0 Å². The molecule has 0 saturated carbocycles. The zero-order chi connectivity index (χ0) is 13.5. The minimum absolute atomic E-state index is 0.222. The molecule has 1 atom stereocenters. The molecule has 0 saturated heterocycles. The molecule has 4 N–H and O–H groups in total. The van der Waals surface area contributed by atoms with Gasteiger partial charge in [0, 0.05) is 5.41 Å². The van der Waals surface area contributed by atoms with Crippen LogP contribution in [-0.2, 0) is 0 Å². The Balaban J connectivity index is 3.72. The number of nitrogens with two attached hydrogens (primary N) is 1. The summed E-state index contributed by atoms with van der Waals surface area (Å²) in [6, 6.07) is 0. The second-order valence-corrected chi connectivity index (χ2v) is 5.90. The van der Waals surface area contributed by atoms with E-state index in [2.05, 4.69) is 31.2 Å². The van der Waals surface area contributed by atoms with Gasteiger partial charge in [-0.1, -0.05) is 39.8 Å². The minimum Gasteiger partial charge on any atom is -0.409 e. The first-order valence-electron chi connectivity index (χ1n) is 6.50. The van der Waals surface area contributed by atoms with E-state index >= 15 is 0 Å². The van der Waals surface area contributed by atoms with Crippen molar-refractivity contribution >= 4 is 5.84 Å². The summed E-state index contributed by atoms with van der Waals surface area (Å²) in [6.45, 7) is 12.8. The SMILES string of the molecule is CC(C)C(C)CNCCCC(C)(C)C(N)=NO. The number of rotatable bonds is 8. The van der Waals surface area contributed by atoms with Crippen LogP contribution >= 0.6 is 0 Å². The summed E-state index contributed by atoms with van der Waals surface area (Å²) in [5.41, 5.74) is 5.41. The van der Waals surface area contributed by atoms with Crippen molar-refractivity contribution in [3.05, 3.63) is 0 Å². The Morgan fingerprint density at radius 2 is 1.94 bits per heavy atom. The first kappa shape index (κ1) is 16.2. The van der Waals surface area contributed by atoms with Crippen molar-refractivity contribution in [2.45, 2.75) is 47.5 Å². The Labute approximate surface area is 106 Å². The molecule has 102 valence electrons. The molecule has 0 aromatic carbocycles. The molecule has 0 aliphatic heterocycles. The molecule has 1 unspecified atom stereocenters. The molecule has 0 amide bonds. The van der Waals surface area contributed by atoms with Crippen LogP contribution in [0.3, 0.4) is 0 Å². The lowest BCUT2D eigenvalue weighted by Crippen LogP contribution is -2.33. The van der Waals surface area contributed by atoms with Crippen LogP contribution in [0.4, 0.5) is 0 Å². The van der Waals surface area contributed by atoms with Crippen molar-refractivity contribution in [3.63, 3.8) is 0 Å². The Morgan fingerprint density at radius 3 is 2.41 bits per heavy atom. The molecule has 0 bridgehead atoms. The Kier molecular flexibility index (Phi) is 7.19. The predicted octanol–water partition coefficient (Wildman–Crippen LogP) is 2.42. The topological polar surface area (TPSA) is 70.6 Å². The second-order valence-electron chi connectivity index (χ2n) is 5.90. The molecule has 17 heavy (non-hydrogen) atoms. The maximum atomic E-state index is 8.65. The van der Waals surface area contributed by atoms with Gasteiger partial charge in [-0.05, 0) is 37.8 Å². The van der Waals surface area contributed by atoms with Crippen molar-refractivity contribution < 1.29 is 5.21 Å². The molecule has 0 radical (unpaired) electrons. The predicted molar refractivity (Wildman–Crippen MR) is 73.3 cm³/mol. The lowest BCUT2D eigenvalue weighted by Gasteiger charge is -2.23. The first-order valence-corrected chi connectivity index (χ1v) is 6.50. The maximum Gasteiger partial charge on any atom is 0.144 e. The van der Waals surface area contributed by atoms with E-state index in [9.17, 15) is 0 Å². The van der Waals surface area contributed by atoms with Crippen LogP contribution in [-0.4, -0.2) is 24.1 Å². The first-order chi connectivity index (χ1) is 7.81. The van der Waals surface area contributed by atoms with Crippen LogP contribution in [0.2, 0.25) is 0 Å². The van der Waals surface area contributed by atoms with E-state index in [0.29, 0.717) is 11.8 Å². The molecule has 0 aliphatic rings. The Bertz CT molecular complexity index is 237. The van der Waals surface area contributed by atoms with Crippen LogP contribution in [0, 0.1) is 17.3 Å².